The number of nitrogens with zero attached hydrogens (tertiary/aromatic N) is 10. The lowest BCUT2D eigenvalue weighted by atomic mass is 9.98. The molecule has 442 valence electrons. The molecule has 8 rings (SSSR count). The van der Waals surface area contributed by atoms with Gasteiger partial charge in [0.2, 0.25) is 17.8 Å². The van der Waals surface area contributed by atoms with Gasteiger partial charge in [-0.15, -0.1) is 0 Å². The SMILES string of the molecule is C.Cc1c(C#N)cccc1-c1nc(N)nc(NCc2ccc(N)cc2)c1C=N.Cc1c(C#N)cccc1-c1nc(N)nc(NCc2ccc([N+](=O)[O-])cc2)c1C=N.N=Cc1c(Cl)nc(N)nc1NCc1ccc([N+](=O)[O-])cc1.S=S=S.S=S=S=S=S. The lowest BCUT2D eigenvalue weighted by Gasteiger charge is -2.15. The zero-order chi connectivity index (χ0) is 62.6. The first-order valence-electron chi connectivity index (χ1n) is 23.7. The number of nitrogen functional groups attached to an aromatic ring is 4. The summed E-state index contributed by atoms with van der Waals surface area (Å²) in [5, 5.41) is 72.3. The summed E-state index contributed by atoms with van der Waals surface area (Å²) in [6.45, 7) is 4.83. The van der Waals surface area contributed by atoms with Crippen molar-refractivity contribution in [1.82, 2.24) is 29.9 Å². The summed E-state index contributed by atoms with van der Waals surface area (Å²) < 4.78 is 0. The van der Waals surface area contributed by atoms with Crippen molar-refractivity contribution in [2.45, 2.75) is 40.9 Å². The fourth-order valence-electron chi connectivity index (χ4n) is 7.35. The molecule has 0 amide bonds. The van der Waals surface area contributed by atoms with E-state index in [1.165, 1.54) is 57.1 Å². The van der Waals surface area contributed by atoms with E-state index in [4.69, 9.17) is 50.8 Å². The third kappa shape index (κ3) is 20.8. The van der Waals surface area contributed by atoms with E-state index in [0.29, 0.717) is 87.5 Å². The number of nitrogens with two attached hydrogens (primary N) is 4. The van der Waals surface area contributed by atoms with Gasteiger partial charge in [0.1, 0.15) is 22.6 Å². The first kappa shape index (κ1) is 71.0. The average Bonchev–Trinajstić information content (AvgIpc) is 2.24. The zero-order valence-electron chi connectivity index (χ0n) is 44.3. The first-order valence-corrected chi connectivity index (χ1v) is 32.1. The molecule has 0 spiro atoms. The highest BCUT2D eigenvalue weighted by atomic mass is 35.5. The molecule has 0 aliphatic heterocycles. The van der Waals surface area contributed by atoms with Crippen LogP contribution in [0.1, 0.15) is 63.1 Å². The van der Waals surface area contributed by atoms with Crippen molar-refractivity contribution in [3.05, 3.63) is 190 Å². The van der Waals surface area contributed by atoms with Gasteiger partial charge in [-0.1, -0.05) is 79.7 Å². The van der Waals surface area contributed by atoms with Crippen LogP contribution in [0.3, 0.4) is 0 Å². The second kappa shape index (κ2) is 36.5. The fourth-order valence-corrected chi connectivity index (χ4v) is 10.3. The summed E-state index contributed by atoms with van der Waals surface area (Å²) in [7, 11) is 4.86. The van der Waals surface area contributed by atoms with Crippen molar-refractivity contribution >= 4 is 163 Å². The first-order chi connectivity index (χ1) is 40.8. The van der Waals surface area contributed by atoms with Gasteiger partial charge in [0, 0.05) is 160 Å². The molecule has 0 aliphatic carbocycles. The van der Waals surface area contributed by atoms with Gasteiger partial charge in [0.25, 0.3) is 11.4 Å². The Morgan fingerprint density at radius 2 is 0.884 bits per heavy atom. The molecule has 0 atom stereocenters. The fraction of sp³-hybridized carbons (Fsp3) is 0.113. The highest BCUT2D eigenvalue weighted by Gasteiger charge is 2.19. The molecule has 0 radical (unpaired) electrons. The molecule has 33 heteroatoms. The summed E-state index contributed by atoms with van der Waals surface area (Å²) in [5.74, 6) is 1.28. The number of hydrogen-bond acceptors (Lipinski definition) is 26. The largest absolute Gasteiger partial charge is 0.399 e. The van der Waals surface area contributed by atoms with Gasteiger partial charge in [-0.3, -0.25) is 20.2 Å². The minimum Gasteiger partial charge on any atom is -0.399 e. The molecule has 24 nitrogen and oxygen atoms in total. The third-order valence-corrected chi connectivity index (χ3v) is 16.1. The van der Waals surface area contributed by atoms with Crippen molar-refractivity contribution < 1.29 is 9.85 Å². The van der Waals surface area contributed by atoms with E-state index >= 15 is 0 Å². The number of nitriles is 2. The van der Waals surface area contributed by atoms with Gasteiger partial charge < -0.3 is 55.1 Å². The van der Waals surface area contributed by atoms with E-state index < -0.39 is 9.85 Å². The topological polar surface area (TPSA) is 423 Å². The van der Waals surface area contributed by atoms with E-state index in [-0.39, 0.29) is 41.8 Å². The Labute approximate surface area is 529 Å². The van der Waals surface area contributed by atoms with Crippen molar-refractivity contribution in [2.75, 3.05) is 38.9 Å². The Morgan fingerprint density at radius 1 is 0.558 bits per heavy atom. The second-order valence-electron chi connectivity index (χ2n) is 16.6. The van der Waals surface area contributed by atoms with Crippen LogP contribution in [0, 0.1) is 73.0 Å². The number of anilines is 7. The standard InChI is InChI=1S/C20H17N7O2.C20H19N7.C12H11ClN6O2.CH4.S5.S3/c1-12-14(9-21)3-2-4-16(12)18-17(10-22)19(26-20(23)25-18)24-11-13-5-7-15(8-6-13)27(28)29;1-12-14(9-21)3-2-4-16(12)18-17(10-22)19(27-20(24)26-18)25-11-13-5-7-15(23)8-6-13;13-10-9(5-14)11(18-12(15)17-10)16-6-7-1-3-8(4-2-7)19(20)21;;1-3-5-4-2;1-3-2/h2-8,10,22H,11H2,1H3,(H3,23,24,25,26);2-8,10,22H,11,23H2,1H3,(H3,24,25,26,27);1-5,14H,6H2,(H3,15,16,17,18);1H4;;. The Kier molecular flexibility index (Phi) is 30.1. The lowest BCUT2D eigenvalue weighted by Crippen LogP contribution is -2.10. The molecule has 86 heavy (non-hydrogen) atoms. The Hall–Kier alpha value is -9.22. The summed E-state index contributed by atoms with van der Waals surface area (Å²) in [4.78, 5) is 45.2. The molecule has 3 aromatic heterocycles. The number of halogens is 1. The Balaban J connectivity index is 0.000000318. The van der Waals surface area contributed by atoms with E-state index in [1.807, 2.05) is 50.2 Å². The number of non-ortho nitro benzene ring substituents is 2. The highest BCUT2D eigenvalue weighted by Crippen LogP contribution is 2.32. The quantitative estimate of drug-likeness (QED) is 0.0141. The molecule has 0 fully saturated rings. The van der Waals surface area contributed by atoms with Crippen molar-refractivity contribution in [2.24, 2.45) is 0 Å². The molecular weight excluding hydrogens is 1270 g/mol. The molecule has 0 saturated carbocycles. The van der Waals surface area contributed by atoms with Crippen LogP contribution in [0.5, 0.6) is 0 Å². The third-order valence-electron chi connectivity index (χ3n) is 11.4. The van der Waals surface area contributed by atoms with Crippen LogP contribution in [-0.2, 0) is 99.9 Å². The number of benzene rings is 5. The van der Waals surface area contributed by atoms with Gasteiger partial charge in [0.05, 0.1) is 61.2 Å². The minimum absolute atomic E-state index is 0. The van der Waals surface area contributed by atoms with Gasteiger partial charge in [-0.05, 0) is 65.9 Å². The van der Waals surface area contributed by atoms with Crippen molar-refractivity contribution in [3.63, 3.8) is 0 Å². The number of rotatable bonds is 16. The molecule has 5 aromatic carbocycles. The van der Waals surface area contributed by atoms with E-state index in [0.717, 1.165) is 54.7 Å². The van der Waals surface area contributed by atoms with Crippen LogP contribution < -0.4 is 38.9 Å². The van der Waals surface area contributed by atoms with Gasteiger partial charge in [-0.25, -0.2) is 15.0 Å². The molecule has 3 heterocycles. The monoisotopic (exact) mass is 1320 g/mol. The van der Waals surface area contributed by atoms with Crippen LogP contribution in [0.25, 0.3) is 22.5 Å². The highest BCUT2D eigenvalue weighted by molar-refractivity contribution is 8.59. The normalized spacial score (nSPS) is 9.59. The molecule has 0 unspecified atom stereocenters. The van der Waals surface area contributed by atoms with Gasteiger partial charge in [-0.2, -0.15) is 25.5 Å². The van der Waals surface area contributed by atoms with Crippen LogP contribution in [0.4, 0.5) is 52.4 Å². The van der Waals surface area contributed by atoms with Crippen LogP contribution in [0.2, 0.25) is 5.15 Å². The Morgan fingerprint density at radius 3 is 1.19 bits per heavy atom. The van der Waals surface area contributed by atoms with Crippen LogP contribution >= 0.6 is 11.6 Å². The molecular formula is C53H51ClN20O4S8. The molecule has 8 aromatic rings. The Bertz CT molecular complexity index is 4010. The molecule has 0 aliphatic rings. The van der Waals surface area contributed by atoms with E-state index in [1.54, 1.807) is 48.5 Å². The van der Waals surface area contributed by atoms with Crippen LogP contribution in [0.15, 0.2) is 109 Å². The van der Waals surface area contributed by atoms with E-state index in [9.17, 15) is 30.8 Å². The lowest BCUT2D eigenvalue weighted by molar-refractivity contribution is -0.385. The smallest absolute Gasteiger partial charge is 0.269 e. The minimum atomic E-state index is -0.463. The zero-order valence-corrected chi connectivity index (χ0v) is 51.6. The molecule has 0 bridgehead atoms. The molecule has 14 N–H and O–H groups in total. The van der Waals surface area contributed by atoms with Crippen molar-refractivity contribution in [1.29, 1.82) is 26.8 Å². The number of nitrogens with one attached hydrogen (secondary N) is 6. The van der Waals surface area contributed by atoms with Crippen molar-refractivity contribution in [3.8, 4) is 34.7 Å². The summed E-state index contributed by atoms with van der Waals surface area (Å²) in [5.41, 5.74) is 32.6. The van der Waals surface area contributed by atoms with Gasteiger partial charge >= 0.3 is 0 Å². The summed E-state index contributed by atoms with van der Waals surface area (Å²) in [6.07, 6.45) is 3.35. The van der Waals surface area contributed by atoms with Gasteiger partial charge in [0.15, 0.2) is 0 Å². The maximum atomic E-state index is 10.8. The number of aromatic nitrogens is 6. The van der Waals surface area contributed by atoms with E-state index in [2.05, 4.69) is 103 Å². The van der Waals surface area contributed by atoms with Crippen LogP contribution in [-0.4, -0.2) is 58.4 Å². The number of nitro benzene ring substituents is 2. The maximum Gasteiger partial charge on any atom is 0.269 e. The average molecular weight is 1320 g/mol. The summed E-state index contributed by atoms with van der Waals surface area (Å²) in [6, 6.07) is 34.6. The predicted octanol–water partition coefficient (Wildman–Crippen LogP) is 9.37. The second-order valence-corrected chi connectivity index (χ2v) is 24.0. The molecule has 0 saturated heterocycles. The predicted molar refractivity (Wildman–Crippen MR) is 362 cm³/mol. The maximum absolute atomic E-state index is 10.8. The summed E-state index contributed by atoms with van der Waals surface area (Å²) >= 11 is 23.0. The number of nitro groups is 2. The number of hydrogen-bond donors (Lipinski definition) is 10.